The average Bonchev–Trinajstić information content (AvgIpc) is 3.02. The van der Waals surface area contributed by atoms with Crippen molar-refractivity contribution in [2.45, 2.75) is 73.1 Å². The Balaban J connectivity index is 1.74. The summed E-state index contributed by atoms with van der Waals surface area (Å²) in [6.07, 6.45) is 5.80. The van der Waals surface area contributed by atoms with E-state index in [-0.39, 0.29) is 5.43 Å². The highest BCUT2D eigenvalue weighted by Crippen LogP contribution is 2.29. The third-order valence-corrected chi connectivity index (χ3v) is 8.47. The second-order valence-corrected chi connectivity index (χ2v) is 11.7. The predicted octanol–water partition coefficient (Wildman–Crippen LogP) is 10.1. The molecule has 206 valence electrons. The van der Waals surface area contributed by atoms with Gasteiger partial charge in [0.25, 0.3) is 0 Å². The molecule has 0 aliphatic carbocycles. The van der Waals surface area contributed by atoms with E-state index in [1.807, 2.05) is 25.1 Å². The van der Waals surface area contributed by atoms with Crippen molar-refractivity contribution in [2.24, 2.45) is 0 Å². The van der Waals surface area contributed by atoms with Gasteiger partial charge >= 0.3 is 0 Å². The zero-order valence-electron chi connectivity index (χ0n) is 24.6. The summed E-state index contributed by atoms with van der Waals surface area (Å²) in [5.74, 6) is 0. The molecule has 0 aliphatic rings. The van der Waals surface area contributed by atoms with Crippen LogP contribution in [-0.2, 0) is 6.42 Å². The number of thiol groups is 1. The summed E-state index contributed by atoms with van der Waals surface area (Å²) >= 11 is 4.95. The zero-order valence-corrected chi connectivity index (χ0v) is 25.5. The van der Waals surface area contributed by atoms with Crippen LogP contribution in [0, 0.1) is 26.2 Å². The summed E-state index contributed by atoms with van der Waals surface area (Å²) in [4.78, 5) is 14.6. The molecular formula is C37H41NOS. The van der Waals surface area contributed by atoms with Gasteiger partial charge in [0.2, 0.25) is 0 Å². The van der Waals surface area contributed by atoms with E-state index >= 15 is 0 Å². The van der Waals surface area contributed by atoms with Crippen LogP contribution < -0.4 is 5.43 Å². The van der Waals surface area contributed by atoms with Crippen molar-refractivity contribution < 1.29 is 0 Å². The van der Waals surface area contributed by atoms with Gasteiger partial charge in [-0.25, -0.2) is 0 Å². The van der Waals surface area contributed by atoms with Crippen molar-refractivity contribution >= 4 is 45.5 Å². The second kappa shape index (κ2) is 12.8. The number of aryl methyl sites for hydroxylation is 4. The smallest absolute Gasteiger partial charge is 0.194 e. The van der Waals surface area contributed by atoms with Gasteiger partial charge in [-0.15, -0.1) is 12.6 Å². The van der Waals surface area contributed by atoms with E-state index in [2.05, 4.69) is 76.7 Å². The summed E-state index contributed by atoms with van der Waals surface area (Å²) in [6, 6.07) is 20.5. The van der Waals surface area contributed by atoms with Gasteiger partial charge in [-0.3, -0.25) is 10.2 Å². The van der Waals surface area contributed by atoms with Gasteiger partial charge < -0.3 is 0 Å². The lowest BCUT2D eigenvalue weighted by Crippen LogP contribution is -2.11. The molecular weight excluding hydrogens is 506 g/mol. The van der Waals surface area contributed by atoms with Crippen LogP contribution in [0.25, 0.3) is 27.1 Å². The van der Waals surface area contributed by atoms with Gasteiger partial charge in [-0.1, -0.05) is 80.4 Å². The number of benzene rings is 3. The van der Waals surface area contributed by atoms with E-state index in [0.29, 0.717) is 5.71 Å². The molecule has 0 bridgehead atoms. The summed E-state index contributed by atoms with van der Waals surface area (Å²) in [5, 5.41) is 12.6. The van der Waals surface area contributed by atoms with Crippen molar-refractivity contribution in [3.63, 3.8) is 0 Å². The minimum absolute atomic E-state index is 0.0591. The van der Waals surface area contributed by atoms with Crippen LogP contribution in [0.2, 0.25) is 0 Å². The monoisotopic (exact) mass is 547 g/mol. The minimum atomic E-state index is 0.0591. The van der Waals surface area contributed by atoms with E-state index < -0.39 is 0 Å². The van der Waals surface area contributed by atoms with Crippen molar-refractivity contribution in [2.75, 3.05) is 0 Å². The first kappa shape index (κ1) is 29.6. The predicted molar refractivity (Wildman–Crippen MR) is 178 cm³/mol. The molecule has 0 heterocycles. The van der Waals surface area contributed by atoms with E-state index in [0.717, 1.165) is 110 Å². The van der Waals surface area contributed by atoms with Crippen molar-refractivity contribution in [1.82, 2.24) is 0 Å². The van der Waals surface area contributed by atoms with E-state index in [1.165, 1.54) is 0 Å². The highest BCUT2D eigenvalue weighted by Gasteiger charge is 2.17. The first-order chi connectivity index (χ1) is 19.1. The van der Waals surface area contributed by atoms with Crippen LogP contribution in [0.15, 0.2) is 82.5 Å². The number of fused-ring (bicyclic) bond motifs is 2. The topological polar surface area (TPSA) is 40.9 Å². The number of unbranched alkanes of at least 4 members (excludes halogenated alkanes) is 2. The molecule has 0 aliphatic heterocycles. The highest BCUT2D eigenvalue weighted by molar-refractivity contribution is 7.84. The Bertz CT molecular complexity index is 1690. The van der Waals surface area contributed by atoms with Crippen LogP contribution in [0.1, 0.15) is 79.3 Å². The number of allylic oxidation sites excluding steroid dienone is 3. The molecule has 4 aromatic carbocycles. The third-order valence-electron chi connectivity index (χ3n) is 7.98. The number of rotatable bonds is 10. The molecule has 0 saturated heterocycles. The molecule has 0 unspecified atom stereocenters. The molecule has 0 atom stereocenters. The highest BCUT2D eigenvalue weighted by atomic mass is 32.1. The van der Waals surface area contributed by atoms with Gasteiger partial charge in [0.05, 0.1) is 5.71 Å². The molecule has 40 heavy (non-hydrogen) atoms. The Morgan fingerprint density at radius 1 is 0.850 bits per heavy atom. The fourth-order valence-electron chi connectivity index (χ4n) is 5.62. The van der Waals surface area contributed by atoms with Gasteiger partial charge in [0, 0.05) is 16.3 Å². The van der Waals surface area contributed by atoms with Crippen LogP contribution in [-0.4, -0.2) is 5.71 Å². The molecule has 1 N–H and O–H groups in total. The Kier molecular flexibility index (Phi) is 9.48. The molecule has 0 amide bonds. The normalized spacial score (nSPS) is 12.1. The Hall–Kier alpha value is -3.43. The maximum Gasteiger partial charge on any atom is 0.194 e. The standard InChI is InChI=1S/C37H41NOS/c1-7-8-9-13-34(40)32(36(38)35-24(4)11-10-12-25(35)5)18-15-27-14-17-31-33(21-27)26(6)20-29-22-28(23(2)3)16-19-30(29)37(31)39/h10-12,14,16-17,19-22,38,40H,2,7-9,13,15,18H2,1,3-6H3/b34-32-,38-36?. The number of hydrogen-bond acceptors (Lipinski definition) is 3. The van der Waals surface area contributed by atoms with Crippen molar-refractivity contribution in [1.29, 1.82) is 5.41 Å². The van der Waals surface area contributed by atoms with E-state index in [4.69, 9.17) is 12.6 Å². The second-order valence-electron chi connectivity index (χ2n) is 11.1. The number of nitrogens with one attached hydrogen (secondary N) is 1. The van der Waals surface area contributed by atoms with Crippen LogP contribution in [0.5, 0.6) is 0 Å². The lowest BCUT2D eigenvalue weighted by atomic mass is 9.90. The van der Waals surface area contributed by atoms with E-state index in [1.54, 1.807) is 0 Å². The van der Waals surface area contributed by atoms with Crippen LogP contribution >= 0.6 is 12.6 Å². The third kappa shape index (κ3) is 6.31. The Labute approximate surface area is 244 Å². The summed E-state index contributed by atoms with van der Waals surface area (Å²) in [5.41, 5.74) is 9.20. The molecule has 0 aromatic heterocycles. The quantitative estimate of drug-likeness (QED) is 0.116. The molecule has 2 nitrogen and oxygen atoms in total. The first-order valence-electron chi connectivity index (χ1n) is 14.3. The minimum Gasteiger partial charge on any atom is -0.300 e. The van der Waals surface area contributed by atoms with Gasteiger partial charge in [-0.05, 0) is 115 Å². The largest absolute Gasteiger partial charge is 0.300 e. The lowest BCUT2D eigenvalue weighted by molar-refractivity contribution is 0.723. The average molecular weight is 548 g/mol. The molecule has 4 rings (SSSR count). The summed E-state index contributed by atoms with van der Waals surface area (Å²) in [6.45, 7) is 14.5. The molecule has 4 aromatic rings. The van der Waals surface area contributed by atoms with Crippen molar-refractivity contribution in [3.05, 3.63) is 121 Å². The fraction of sp³-hybridized carbons (Fsp3) is 0.297. The van der Waals surface area contributed by atoms with Crippen LogP contribution in [0.4, 0.5) is 0 Å². The zero-order chi connectivity index (χ0) is 29.0. The summed E-state index contributed by atoms with van der Waals surface area (Å²) < 4.78 is 0. The van der Waals surface area contributed by atoms with Crippen molar-refractivity contribution in [3.8, 4) is 0 Å². The molecule has 3 heteroatoms. The van der Waals surface area contributed by atoms with Gasteiger partial charge in [-0.2, -0.15) is 0 Å². The molecule has 0 spiro atoms. The Morgan fingerprint density at radius 3 is 2.23 bits per heavy atom. The molecule has 0 radical (unpaired) electrons. The number of hydrogen-bond donors (Lipinski definition) is 2. The van der Waals surface area contributed by atoms with E-state index in [9.17, 15) is 10.2 Å². The SMILES string of the molecule is C=C(C)c1ccc2c(=O)c3ccc(CC/C(C(=N)c4c(C)cccc4C)=C(/S)CCCCC)cc3c(C)cc2c1. The maximum atomic E-state index is 13.6. The fourth-order valence-corrected chi connectivity index (χ4v) is 6.00. The molecule has 0 fully saturated rings. The maximum absolute atomic E-state index is 13.6. The van der Waals surface area contributed by atoms with Gasteiger partial charge in [0.15, 0.2) is 5.43 Å². The Morgan fingerprint density at radius 2 is 1.55 bits per heavy atom. The van der Waals surface area contributed by atoms with Gasteiger partial charge in [0.1, 0.15) is 0 Å². The molecule has 0 saturated carbocycles. The lowest BCUT2D eigenvalue weighted by Gasteiger charge is -2.17. The van der Waals surface area contributed by atoms with Crippen LogP contribution in [0.3, 0.4) is 0 Å². The first-order valence-corrected chi connectivity index (χ1v) is 14.8. The summed E-state index contributed by atoms with van der Waals surface area (Å²) in [7, 11) is 0.